The van der Waals surface area contributed by atoms with E-state index in [2.05, 4.69) is 11.2 Å². The van der Waals surface area contributed by atoms with Crippen LogP contribution in [0.5, 0.6) is 0 Å². The summed E-state index contributed by atoms with van der Waals surface area (Å²) < 4.78 is 34.0. The van der Waals surface area contributed by atoms with E-state index in [1.165, 1.54) is 4.31 Å². The van der Waals surface area contributed by atoms with Gasteiger partial charge in [0.25, 0.3) is 0 Å². The molecule has 0 aromatic carbocycles. The topological polar surface area (TPSA) is 88.2 Å². The molecule has 120 valence electrons. The van der Waals surface area contributed by atoms with Gasteiger partial charge in [-0.25, -0.2) is 8.42 Å². The standard InChI is InChI=1S/C14H20N4O3S/c1-2-17-8-12(7-16-17)13-9-18(5-6-21-13)22(19,20)11-14(10-15)3-4-14/h7-8,13H,2-6,9,11H2,1H3. The van der Waals surface area contributed by atoms with Crippen LogP contribution in [0.4, 0.5) is 0 Å². The molecule has 1 aliphatic heterocycles. The predicted molar refractivity (Wildman–Crippen MR) is 79.2 cm³/mol. The number of aryl methyl sites for hydroxylation is 1. The zero-order chi connectivity index (χ0) is 15.8. The lowest BCUT2D eigenvalue weighted by molar-refractivity contribution is -0.00267. The summed E-state index contributed by atoms with van der Waals surface area (Å²) in [6, 6.07) is 2.15. The van der Waals surface area contributed by atoms with Crippen LogP contribution in [-0.2, 0) is 21.3 Å². The van der Waals surface area contributed by atoms with Crippen LogP contribution < -0.4 is 0 Å². The molecule has 1 aromatic rings. The summed E-state index contributed by atoms with van der Waals surface area (Å²) in [4.78, 5) is 0. The number of rotatable bonds is 5. The van der Waals surface area contributed by atoms with Crippen molar-refractivity contribution in [1.82, 2.24) is 14.1 Å². The molecule has 0 amide bonds. The van der Waals surface area contributed by atoms with Crippen molar-refractivity contribution in [2.75, 3.05) is 25.4 Å². The average Bonchev–Trinajstić information content (AvgIpc) is 3.12. The summed E-state index contributed by atoms with van der Waals surface area (Å²) in [6.07, 6.45) is 4.68. The van der Waals surface area contributed by atoms with Gasteiger partial charge in [0.05, 0.1) is 36.1 Å². The third-order valence-corrected chi connectivity index (χ3v) is 6.36. The number of aromatic nitrogens is 2. The largest absolute Gasteiger partial charge is 0.371 e. The number of hydrogen-bond acceptors (Lipinski definition) is 5. The van der Waals surface area contributed by atoms with E-state index in [-0.39, 0.29) is 11.9 Å². The summed E-state index contributed by atoms with van der Waals surface area (Å²) in [7, 11) is -3.43. The molecule has 1 aromatic heterocycles. The predicted octanol–water partition coefficient (Wildman–Crippen LogP) is 0.910. The lowest BCUT2D eigenvalue weighted by Gasteiger charge is -2.32. The molecule has 0 bridgehead atoms. The zero-order valence-corrected chi connectivity index (χ0v) is 13.4. The first-order chi connectivity index (χ1) is 10.5. The maximum Gasteiger partial charge on any atom is 0.215 e. The van der Waals surface area contributed by atoms with Gasteiger partial charge in [-0.05, 0) is 19.8 Å². The lowest BCUT2D eigenvalue weighted by atomic mass is 10.2. The van der Waals surface area contributed by atoms with E-state index in [1.54, 1.807) is 10.9 Å². The van der Waals surface area contributed by atoms with Crippen LogP contribution in [0.1, 0.15) is 31.4 Å². The van der Waals surface area contributed by atoms with Gasteiger partial charge in [0.2, 0.25) is 10.0 Å². The van der Waals surface area contributed by atoms with Crippen molar-refractivity contribution in [3.8, 4) is 6.07 Å². The third-order valence-electron chi connectivity index (χ3n) is 4.32. The molecule has 2 aliphatic rings. The van der Waals surface area contributed by atoms with Crippen molar-refractivity contribution in [2.24, 2.45) is 5.41 Å². The van der Waals surface area contributed by atoms with E-state index in [4.69, 9.17) is 10.00 Å². The molecule has 22 heavy (non-hydrogen) atoms. The Balaban J connectivity index is 1.71. The van der Waals surface area contributed by atoms with E-state index in [9.17, 15) is 8.42 Å². The molecule has 0 N–H and O–H groups in total. The maximum absolute atomic E-state index is 12.5. The van der Waals surface area contributed by atoms with Crippen LogP contribution in [-0.4, -0.2) is 48.0 Å². The first kappa shape index (κ1) is 15.5. The minimum Gasteiger partial charge on any atom is -0.371 e. The molecule has 7 nitrogen and oxygen atoms in total. The summed E-state index contributed by atoms with van der Waals surface area (Å²) >= 11 is 0. The molecule has 1 aliphatic carbocycles. The molecule has 1 saturated carbocycles. The van der Waals surface area contributed by atoms with Gasteiger partial charge in [-0.1, -0.05) is 0 Å². The van der Waals surface area contributed by atoms with Gasteiger partial charge in [0, 0.05) is 31.4 Å². The van der Waals surface area contributed by atoms with Crippen LogP contribution in [0.3, 0.4) is 0 Å². The Morgan fingerprint density at radius 2 is 2.32 bits per heavy atom. The SMILES string of the molecule is CCn1cc(C2CN(S(=O)(=O)CC3(C#N)CC3)CCO2)cn1. The van der Waals surface area contributed by atoms with E-state index < -0.39 is 15.4 Å². The highest BCUT2D eigenvalue weighted by atomic mass is 32.2. The molecule has 3 rings (SSSR count). The quantitative estimate of drug-likeness (QED) is 0.803. The number of sulfonamides is 1. The molecule has 0 spiro atoms. The second kappa shape index (κ2) is 5.65. The highest BCUT2D eigenvalue weighted by Gasteiger charge is 2.48. The summed E-state index contributed by atoms with van der Waals surface area (Å²) in [5.74, 6) is -0.0720. The number of ether oxygens (including phenoxy) is 1. The van der Waals surface area contributed by atoms with Crippen LogP contribution in [0.25, 0.3) is 0 Å². The maximum atomic E-state index is 12.5. The van der Waals surface area contributed by atoms with Gasteiger partial charge in [0.15, 0.2) is 0 Å². The number of morpholine rings is 1. The normalized spacial score (nSPS) is 24.8. The Hall–Kier alpha value is -1.43. The molecule has 1 saturated heterocycles. The average molecular weight is 324 g/mol. The van der Waals surface area contributed by atoms with Crippen molar-refractivity contribution in [2.45, 2.75) is 32.4 Å². The number of nitrogens with zero attached hydrogens (tertiary/aromatic N) is 4. The molecule has 8 heteroatoms. The van der Waals surface area contributed by atoms with Crippen LogP contribution in [0, 0.1) is 16.7 Å². The molecule has 2 heterocycles. The van der Waals surface area contributed by atoms with Crippen molar-refractivity contribution in [1.29, 1.82) is 5.26 Å². The molecule has 1 atom stereocenters. The van der Waals surface area contributed by atoms with Gasteiger partial charge in [-0.2, -0.15) is 14.7 Å². The highest BCUT2D eigenvalue weighted by molar-refractivity contribution is 7.89. The Kier molecular flexibility index (Phi) is 3.97. The first-order valence-corrected chi connectivity index (χ1v) is 9.12. The third kappa shape index (κ3) is 3.02. The molecule has 1 unspecified atom stereocenters. The fraction of sp³-hybridized carbons (Fsp3) is 0.714. The second-order valence-corrected chi connectivity index (χ2v) is 7.96. The Labute approximate surface area is 130 Å². The number of hydrogen-bond donors (Lipinski definition) is 0. The molecular formula is C14H20N4O3S. The second-order valence-electron chi connectivity index (χ2n) is 6.00. The van der Waals surface area contributed by atoms with Gasteiger partial charge in [0.1, 0.15) is 0 Å². The highest BCUT2D eigenvalue weighted by Crippen LogP contribution is 2.46. The van der Waals surface area contributed by atoms with Crippen LogP contribution in [0.15, 0.2) is 12.4 Å². The van der Waals surface area contributed by atoms with Crippen molar-refractivity contribution < 1.29 is 13.2 Å². The fourth-order valence-electron chi connectivity index (χ4n) is 2.68. The van der Waals surface area contributed by atoms with Crippen molar-refractivity contribution >= 4 is 10.0 Å². The van der Waals surface area contributed by atoms with E-state index >= 15 is 0 Å². The van der Waals surface area contributed by atoms with Crippen molar-refractivity contribution in [3.05, 3.63) is 18.0 Å². The first-order valence-electron chi connectivity index (χ1n) is 7.51. The smallest absolute Gasteiger partial charge is 0.215 e. The molecule has 2 fully saturated rings. The minimum atomic E-state index is -3.43. The van der Waals surface area contributed by atoms with Gasteiger partial charge >= 0.3 is 0 Å². The summed E-state index contributed by atoms with van der Waals surface area (Å²) in [6.45, 7) is 3.76. The Morgan fingerprint density at radius 3 is 2.91 bits per heavy atom. The fourth-order valence-corrected chi connectivity index (χ4v) is 4.63. The van der Waals surface area contributed by atoms with E-state index in [1.807, 2.05) is 13.1 Å². The zero-order valence-electron chi connectivity index (χ0n) is 12.6. The molecular weight excluding hydrogens is 304 g/mol. The monoisotopic (exact) mass is 324 g/mol. The molecule has 0 radical (unpaired) electrons. The Bertz CT molecular complexity index is 687. The summed E-state index contributed by atoms with van der Waals surface area (Å²) in [5.41, 5.74) is 0.239. The number of nitriles is 1. The van der Waals surface area contributed by atoms with Gasteiger partial charge < -0.3 is 4.74 Å². The van der Waals surface area contributed by atoms with Gasteiger partial charge in [-0.15, -0.1) is 0 Å². The van der Waals surface area contributed by atoms with Crippen LogP contribution in [0.2, 0.25) is 0 Å². The lowest BCUT2D eigenvalue weighted by Crippen LogP contribution is -2.44. The van der Waals surface area contributed by atoms with Crippen LogP contribution >= 0.6 is 0 Å². The minimum absolute atomic E-state index is 0.0720. The van der Waals surface area contributed by atoms with E-state index in [0.29, 0.717) is 32.5 Å². The summed E-state index contributed by atoms with van der Waals surface area (Å²) in [5, 5.41) is 13.3. The Morgan fingerprint density at radius 1 is 1.55 bits per heavy atom. The van der Waals surface area contributed by atoms with Crippen molar-refractivity contribution in [3.63, 3.8) is 0 Å². The van der Waals surface area contributed by atoms with E-state index in [0.717, 1.165) is 12.1 Å². The van der Waals surface area contributed by atoms with Gasteiger partial charge in [-0.3, -0.25) is 4.68 Å².